The second-order valence-electron chi connectivity index (χ2n) is 5.08. The standard InChI is InChI=1S/C15H21N3/c1-3-13-10-17-9-8-15(13,11-16)18-14-7-5-4-6-12(14)2/h4-7,13,17-18H,3,8-10H2,1-2H3. The van der Waals surface area contributed by atoms with E-state index in [4.69, 9.17) is 0 Å². The molecule has 1 aliphatic heterocycles. The minimum atomic E-state index is -0.424. The molecule has 1 aliphatic rings. The molecule has 0 amide bonds. The van der Waals surface area contributed by atoms with E-state index in [1.165, 1.54) is 5.56 Å². The monoisotopic (exact) mass is 243 g/mol. The number of nitriles is 1. The SMILES string of the molecule is CCC1CNCCC1(C#N)Nc1ccccc1C. The van der Waals surface area contributed by atoms with Gasteiger partial charge in [-0.2, -0.15) is 5.26 Å². The Morgan fingerprint density at radius 2 is 2.28 bits per heavy atom. The fourth-order valence-corrected chi connectivity index (χ4v) is 2.73. The van der Waals surface area contributed by atoms with E-state index in [1.54, 1.807) is 0 Å². The predicted molar refractivity (Wildman–Crippen MR) is 74.4 cm³/mol. The number of piperidine rings is 1. The molecule has 2 atom stereocenters. The molecule has 18 heavy (non-hydrogen) atoms. The van der Waals surface area contributed by atoms with E-state index in [1.807, 2.05) is 12.1 Å². The number of aryl methyl sites for hydroxylation is 1. The van der Waals surface area contributed by atoms with Crippen molar-refractivity contribution in [2.24, 2.45) is 5.92 Å². The van der Waals surface area contributed by atoms with Crippen LogP contribution in [0.1, 0.15) is 25.3 Å². The van der Waals surface area contributed by atoms with Crippen LogP contribution in [0.5, 0.6) is 0 Å². The second kappa shape index (κ2) is 5.41. The van der Waals surface area contributed by atoms with Crippen molar-refractivity contribution in [2.75, 3.05) is 18.4 Å². The molecule has 0 bridgehead atoms. The van der Waals surface area contributed by atoms with Crippen molar-refractivity contribution in [2.45, 2.75) is 32.2 Å². The highest BCUT2D eigenvalue weighted by atomic mass is 15.0. The van der Waals surface area contributed by atoms with Crippen molar-refractivity contribution in [3.05, 3.63) is 29.8 Å². The fraction of sp³-hybridized carbons (Fsp3) is 0.533. The van der Waals surface area contributed by atoms with Gasteiger partial charge in [-0.1, -0.05) is 25.1 Å². The number of anilines is 1. The highest BCUT2D eigenvalue weighted by Crippen LogP contribution is 2.31. The van der Waals surface area contributed by atoms with E-state index in [0.717, 1.165) is 31.6 Å². The smallest absolute Gasteiger partial charge is 0.130 e. The van der Waals surface area contributed by atoms with Gasteiger partial charge in [-0.25, -0.2) is 0 Å². The molecule has 2 unspecified atom stereocenters. The van der Waals surface area contributed by atoms with E-state index >= 15 is 0 Å². The fourth-order valence-electron chi connectivity index (χ4n) is 2.73. The lowest BCUT2D eigenvalue weighted by Gasteiger charge is -2.40. The lowest BCUT2D eigenvalue weighted by molar-refractivity contribution is 0.276. The van der Waals surface area contributed by atoms with Gasteiger partial charge in [-0.3, -0.25) is 0 Å². The van der Waals surface area contributed by atoms with Crippen molar-refractivity contribution < 1.29 is 0 Å². The molecular formula is C15H21N3. The quantitative estimate of drug-likeness (QED) is 0.858. The minimum absolute atomic E-state index is 0.357. The van der Waals surface area contributed by atoms with E-state index < -0.39 is 5.54 Å². The first-order chi connectivity index (χ1) is 8.72. The molecular weight excluding hydrogens is 222 g/mol. The van der Waals surface area contributed by atoms with Crippen molar-refractivity contribution in [3.8, 4) is 6.07 Å². The van der Waals surface area contributed by atoms with Crippen LogP contribution < -0.4 is 10.6 Å². The number of hydrogen-bond donors (Lipinski definition) is 2. The summed E-state index contributed by atoms with van der Waals surface area (Å²) in [6.45, 7) is 6.06. The van der Waals surface area contributed by atoms with Gasteiger partial charge in [0.25, 0.3) is 0 Å². The molecule has 0 saturated carbocycles. The van der Waals surface area contributed by atoms with Gasteiger partial charge < -0.3 is 10.6 Å². The van der Waals surface area contributed by atoms with Crippen LogP contribution in [-0.2, 0) is 0 Å². The summed E-state index contributed by atoms with van der Waals surface area (Å²) in [5.41, 5.74) is 1.85. The maximum absolute atomic E-state index is 9.65. The number of nitrogens with one attached hydrogen (secondary N) is 2. The first kappa shape index (κ1) is 12.9. The third kappa shape index (κ3) is 2.34. The van der Waals surface area contributed by atoms with Crippen LogP contribution in [0.25, 0.3) is 0 Å². The molecule has 3 heteroatoms. The van der Waals surface area contributed by atoms with Gasteiger partial charge >= 0.3 is 0 Å². The molecule has 1 heterocycles. The van der Waals surface area contributed by atoms with Crippen LogP contribution >= 0.6 is 0 Å². The molecule has 1 fully saturated rings. The molecule has 1 saturated heterocycles. The first-order valence-electron chi connectivity index (χ1n) is 6.67. The third-order valence-corrected chi connectivity index (χ3v) is 3.98. The average molecular weight is 243 g/mol. The Balaban J connectivity index is 2.28. The van der Waals surface area contributed by atoms with E-state index in [-0.39, 0.29) is 0 Å². The van der Waals surface area contributed by atoms with Crippen LogP contribution in [0.4, 0.5) is 5.69 Å². The molecule has 1 aromatic rings. The summed E-state index contributed by atoms with van der Waals surface area (Å²) in [4.78, 5) is 0. The highest BCUT2D eigenvalue weighted by Gasteiger charge is 2.40. The van der Waals surface area contributed by atoms with Gasteiger partial charge in [0.05, 0.1) is 6.07 Å². The maximum atomic E-state index is 9.65. The van der Waals surface area contributed by atoms with E-state index in [2.05, 4.69) is 42.7 Å². The molecule has 2 rings (SSSR count). The summed E-state index contributed by atoms with van der Waals surface area (Å²) in [5, 5.41) is 16.6. The Kier molecular flexibility index (Phi) is 3.88. The lowest BCUT2D eigenvalue weighted by atomic mass is 9.77. The Bertz CT molecular complexity index is 449. The van der Waals surface area contributed by atoms with Gasteiger partial charge in [-0.05, 0) is 37.9 Å². The van der Waals surface area contributed by atoms with Crippen molar-refractivity contribution >= 4 is 5.69 Å². The molecule has 0 radical (unpaired) electrons. The third-order valence-electron chi connectivity index (χ3n) is 3.98. The number of para-hydroxylation sites is 1. The van der Waals surface area contributed by atoms with Crippen LogP contribution in [0.2, 0.25) is 0 Å². The summed E-state index contributed by atoms with van der Waals surface area (Å²) in [6, 6.07) is 10.7. The molecule has 2 N–H and O–H groups in total. The largest absolute Gasteiger partial charge is 0.367 e. The Labute approximate surface area is 109 Å². The first-order valence-corrected chi connectivity index (χ1v) is 6.67. The molecule has 1 aromatic carbocycles. The van der Waals surface area contributed by atoms with Crippen molar-refractivity contribution in [1.82, 2.24) is 5.32 Å². The zero-order valence-corrected chi connectivity index (χ0v) is 11.2. The summed E-state index contributed by atoms with van der Waals surface area (Å²) in [6.07, 6.45) is 1.87. The summed E-state index contributed by atoms with van der Waals surface area (Å²) in [5.74, 6) is 0.357. The maximum Gasteiger partial charge on any atom is 0.130 e. The van der Waals surface area contributed by atoms with E-state index in [0.29, 0.717) is 5.92 Å². The Morgan fingerprint density at radius 1 is 1.50 bits per heavy atom. The molecule has 0 spiro atoms. The van der Waals surface area contributed by atoms with Crippen molar-refractivity contribution in [3.63, 3.8) is 0 Å². The molecule has 0 aromatic heterocycles. The number of hydrogen-bond acceptors (Lipinski definition) is 3. The number of nitrogens with zero attached hydrogens (tertiary/aromatic N) is 1. The Hall–Kier alpha value is -1.53. The van der Waals surface area contributed by atoms with Crippen molar-refractivity contribution in [1.29, 1.82) is 5.26 Å². The van der Waals surface area contributed by atoms with Crippen LogP contribution in [0.3, 0.4) is 0 Å². The average Bonchev–Trinajstić information content (AvgIpc) is 2.42. The van der Waals surface area contributed by atoms with Crippen LogP contribution in [0, 0.1) is 24.2 Å². The van der Waals surface area contributed by atoms with Gasteiger partial charge in [0.1, 0.15) is 5.54 Å². The second-order valence-corrected chi connectivity index (χ2v) is 5.08. The van der Waals surface area contributed by atoms with Gasteiger partial charge in [-0.15, -0.1) is 0 Å². The zero-order chi connectivity index (χ0) is 13.0. The Morgan fingerprint density at radius 3 is 2.94 bits per heavy atom. The van der Waals surface area contributed by atoms with Gasteiger partial charge in [0.2, 0.25) is 0 Å². The zero-order valence-electron chi connectivity index (χ0n) is 11.2. The topological polar surface area (TPSA) is 47.9 Å². The van der Waals surface area contributed by atoms with Gasteiger partial charge in [0, 0.05) is 18.2 Å². The highest BCUT2D eigenvalue weighted by molar-refractivity contribution is 5.54. The number of benzene rings is 1. The number of rotatable bonds is 3. The summed E-state index contributed by atoms with van der Waals surface area (Å²) < 4.78 is 0. The predicted octanol–water partition coefficient (Wildman–Crippen LogP) is 2.69. The molecule has 0 aliphatic carbocycles. The minimum Gasteiger partial charge on any atom is -0.367 e. The van der Waals surface area contributed by atoms with Crippen LogP contribution in [0.15, 0.2) is 24.3 Å². The van der Waals surface area contributed by atoms with Crippen LogP contribution in [-0.4, -0.2) is 18.6 Å². The van der Waals surface area contributed by atoms with Gasteiger partial charge in [0.15, 0.2) is 0 Å². The normalized spacial score (nSPS) is 27.5. The van der Waals surface area contributed by atoms with E-state index in [9.17, 15) is 5.26 Å². The lowest BCUT2D eigenvalue weighted by Crippen LogP contribution is -2.54. The molecule has 3 nitrogen and oxygen atoms in total. The summed E-state index contributed by atoms with van der Waals surface area (Å²) >= 11 is 0. The summed E-state index contributed by atoms with van der Waals surface area (Å²) in [7, 11) is 0. The molecule has 96 valence electrons.